The smallest absolute Gasteiger partial charge is 0.0120 e. The lowest BCUT2D eigenvalue weighted by Crippen LogP contribution is -2.43. The molecule has 1 N–H and O–H groups in total. The van der Waals surface area contributed by atoms with E-state index in [4.69, 9.17) is 0 Å². The van der Waals surface area contributed by atoms with Crippen molar-refractivity contribution in [3.63, 3.8) is 0 Å². The molecule has 0 aromatic carbocycles. The molecule has 1 saturated carbocycles. The lowest BCUT2D eigenvalue weighted by atomic mass is 9.65. The Kier molecular flexibility index (Phi) is 6.14. The van der Waals surface area contributed by atoms with Crippen molar-refractivity contribution >= 4 is 0 Å². The van der Waals surface area contributed by atoms with Crippen molar-refractivity contribution < 1.29 is 0 Å². The molecule has 1 nitrogen and oxygen atoms in total. The van der Waals surface area contributed by atoms with Gasteiger partial charge in [0.1, 0.15) is 0 Å². The van der Waals surface area contributed by atoms with Crippen LogP contribution in [0.3, 0.4) is 0 Å². The van der Waals surface area contributed by atoms with Crippen LogP contribution < -0.4 is 5.32 Å². The van der Waals surface area contributed by atoms with Crippen LogP contribution in [0.25, 0.3) is 0 Å². The van der Waals surface area contributed by atoms with Crippen LogP contribution in [-0.2, 0) is 0 Å². The lowest BCUT2D eigenvalue weighted by Gasteiger charge is -2.42. The van der Waals surface area contributed by atoms with Gasteiger partial charge in [0, 0.05) is 12.0 Å². The van der Waals surface area contributed by atoms with Gasteiger partial charge in [0.05, 0.1) is 0 Å². The first-order valence-corrected chi connectivity index (χ1v) is 8.28. The highest BCUT2D eigenvalue weighted by atomic mass is 14.9. The molecule has 0 aliphatic heterocycles. The molecular formula is C19H35N. The van der Waals surface area contributed by atoms with Gasteiger partial charge >= 0.3 is 0 Å². The molecule has 0 saturated heterocycles. The summed E-state index contributed by atoms with van der Waals surface area (Å²) >= 11 is 0. The maximum absolute atomic E-state index is 3.70. The highest BCUT2D eigenvalue weighted by Crippen LogP contribution is 2.43. The van der Waals surface area contributed by atoms with Crippen molar-refractivity contribution in [2.75, 3.05) is 6.54 Å². The quantitative estimate of drug-likeness (QED) is 0.726. The van der Waals surface area contributed by atoms with E-state index in [0.29, 0.717) is 5.41 Å². The fourth-order valence-electron chi connectivity index (χ4n) is 3.30. The zero-order valence-corrected chi connectivity index (χ0v) is 14.8. The lowest BCUT2D eigenvalue weighted by molar-refractivity contribution is 0.0961. The average molecular weight is 277 g/mol. The van der Waals surface area contributed by atoms with Crippen molar-refractivity contribution in [2.24, 2.45) is 23.2 Å². The summed E-state index contributed by atoms with van der Waals surface area (Å²) in [4.78, 5) is 0. The molecule has 116 valence electrons. The minimum absolute atomic E-state index is 0.224. The first-order valence-electron chi connectivity index (χ1n) is 8.28. The maximum Gasteiger partial charge on any atom is 0.0120 e. The van der Waals surface area contributed by atoms with E-state index in [0.717, 1.165) is 30.7 Å². The van der Waals surface area contributed by atoms with E-state index in [1.165, 1.54) is 19.3 Å². The van der Waals surface area contributed by atoms with Crippen LogP contribution in [0.4, 0.5) is 0 Å². The van der Waals surface area contributed by atoms with Crippen molar-refractivity contribution in [1.29, 1.82) is 0 Å². The van der Waals surface area contributed by atoms with Gasteiger partial charge in [-0.3, -0.25) is 0 Å². The molecule has 0 heterocycles. The number of hydrogen-bond donors (Lipinski definition) is 1. The molecular weight excluding hydrogens is 242 g/mol. The zero-order chi connectivity index (χ0) is 15.4. The molecule has 0 bridgehead atoms. The van der Waals surface area contributed by atoms with Crippen LogP contribution >= 0.6 is 0 Å². The molecule has 3 unspecified atom stereocenters. The average Bonchev–Trinajstić information content (AvgIpc) is 2.32. The largest absolute Gasteiger partial charge is 0.312 e. The summed E-state index contributed by atoms with van der Waals surface area (Å²) in [5, 5.41) is 3.70. The second-order valence-electron chi connectivity index (χ2n) is 8.66. The Hall–Kier alpha value is -0.480. The van der Waals surface area contributed by atoms with Gasteiger partial charge in [-0.05, 0) is 76.7 Å². The summed E-state index contributed by atoms with van der Waals surface area (Å²) in [6, 6.07) is 0. The zero-order valence-electron chi connectivity index (χ0n) is 14.8. The van der Waals surface area contributed by atoms with Crippen molar-refractivity contribution in [1.82, 2.24) is 5.32 Å². The summed E-state index contributed by atoms with van der Waals surface area (Å²) < 4.78 is 0. The Balaban J connectivity index is 2.66. The van der Waals surface area contributed by atoms with Crippen LogP contribution in [-0.4, -0.2) is 12.1 Å². The molecule has 1 heteroatoms. The molecule has 1 fully saturated rings. The Morgan fingerprint density at radius 3 is 2.15 bits per heavy atom. The van der Waals surface area contributed by atoms with Crippen molar-refractivity contribution in [3.05, 3.63) is 0 Å². The molecule has 0 aromatic heterocycles. The second kappa shape index (κ2) is 6.99. The van der Waals surface area contributed by atoms with E-state index in [9.17, 15) is 0 Å². The number of hydrogen-bond acceptors (Lipinski definition) is 1. The topological polar surface area (TPSA) is 12.0 Å². The molecule has 0 aromatic rings. The fraction of sp³-hybridized carbons (Fsp3) is 0.895. The summed E-state index contributed by atoms with van der Waals surface area (Å²) in [5.41, 5.74) is 0.669. The van der Waals surface area contributed by atoms with Crippen LogP contribution in [0, 0.1) is 35.0 Å². The van der Waals surface area contributed by atoms with Gasteiger partial charge in [0.25, 0.3) is 0 Å². The standard InChI is InChI=1S/C19H35N/c1-8-9-10-15-13-17(18(2,3)4)12-11-16(15)14-20-19(5,6)7/h15-17,20H,10-14H2,1-7H3. The SMILES string of the molecule is CC#CCC1CC(C(C)(C)C)CCC1CNC(C)(C)C. The summed E-state index contributed by atoms with van der Waals surface area (Å²) in [6.07, 6.45) is 5.19. The van der Waals surface area contributed by atoms with Crippen molar-refractivity contribution in [2.45, 2.75) is 79.7 Å². The van der Waals surface area contributed by atoms with Gasteiger partial charge in [-0.25, -0.2) is 0 Å². The molecule has 20 heavy (non-hydrogen) atoms. The maximum atomic E-state index is 3.70. The van der Waals surface area contributed by atoms with E-state index < -0.39 is 0 Å². The highest BCUT2D eigenvalue weighted by molar-refractivity contribution is 4.99. The van der Waals surface area contributed by atoms with Crippen LogP contribution in [0.1, 0.15) is 74.1 Å². The fourth-order valence-corrected chi connectivity index (χ4v) is 3.30. The molecule has 1 rings (SSSR count). The summed E-state index contributed by atoms with van der Waals surface area (Å²) in [7, 11) is 0. The minimum atomic E-state index is 0.224. The molecule has 1 aliphatic carbocycles. The van der Waals surface area contributed by atoms with Crippen LogP contribution in [0.2, 0.25) is 0 Å². The molecule has 1 aliphatic rings. The Bertz CT molecular complexity index is 345. The molecule has 0 spiro atoms. The van der Waals surface area contributed by atoms with E-state index in [-0.39, 0.29) is 5.54 Å². The first-order chi connectivity index (χ1) is 9.13. The van der Waals surface area contributed by atoms with Gasteiger partial charge in [-0.2, -0.15) is 0 Å². The first kappa shape index (κ1) is 17.6. The molecule has 0 radical (unpaired) electrons. The summed E-state index contributed by atoms with van der Waals surface area (Å²) in [6.45, 7) is 17.1. The Labute approximate surface area is 127 Å². The van der Waals surface area contributed by atoms with Crippen LogP contribution in [0.5, 0.6) is 0 Å². The number of rotatable bonds is 3. The highest BCUT2D eigenvalue weighted by Gasteiger charge is 2.35. The van der Waals surface area contributed by atoms with Gasteiger partial charge in [0.15, 0.2) is 0 Å². The second-order valence-corrected chi connectivity index (χ2v) is 8.66. The Morgan fingerprint density at radius 2 is 1.65 bits per heavy atom. The van der Waals surface area contributed by atoms with Crippen LogP contribution in [0.15, 0.2) is 0 Å². The number of nitrogens with one attached hydrogen (secondary N) is 1. The molecule has 0 amide bonds. The third kappa shape index (κ3) is 5.88. The normalized spacial score (nSPS) is 27.9. The predicted molar refractivity (Wildman–Crippen MR) is 89.6 cm³/mol. The Morgan fingerprint density at radius 1 is 1.00 bits per heavy atom. The minimum Gasteiger partial charge on any atom is -0.312 e. The third-order valence-corrected chi connectivity index (χ3v) is 4.80. The van der Waals surface area contributed by atoms with Gasteiger partial charge < -0.3 is 5.32 Å². The predicted octanol–water partition coefficient (Wildman–Crippen LogP) is 4.87. The van der Waals surface area contributed by atoms with E-state index in [1.807, 2.05) is 6.92 Å². The van der Waals surface area contributed by atoms with Gasteiger partial charge in [-0.1, -0.05) is 20.8 Å². The van der Waals surface area contributed by atoms with E-state index in [2.05, 4.69) is 58.7 Å². The monoisotopic (exact) mass is 277 g/mol. The van der Waals surface area contributed by atoms with Gasteiger partial charge in [0.2, 0.25) is 0 Å². The third-order valence-electron chi connectivity index (χ3n) is 4.80. The van der Waals surface area contributed by atoms with E-state index >= 15 is 0 Å². The van der Waals surface area contributed by atoms with Crippen molar-refractivity contribution in [3.8, 4) is 11.8 Å². The van der Waals surface area contributed by atoms with E-state index in [1.54, 1.807) is 0 Å². The summed E-state index contributed by atoms with van der Waals surface area (Å²) in [5.74, 6) is 8.86. The molecule has 3 atom stereocenters. The van der Waals surface area contributed by atoms with Gasteiger partial charge in [-0.15, -0.1) is 11.8 Å².